The van der Waals surface area contributed by atoms with Crippen molar-refractivity contribution in [2.24, 2.45) is 5.10 Å². The Morgan fingerprint density at radius 2 is 1.69 bits per heavy atom. The average Bonchev–Trinajstić information content (AvgIpc) is 2.73. The van der Waals surface area contributed by atoms with E-state index in [4.69, 9.17) is 39.5 Å². The predicted molar refractivity (Wildman–Crippen MR) is 128 cm³/mol. The molecular formula is C23H18Cl3N3O3. The summed E-state index contributed by atoms with van der Waals surface area (Å²) in [5.74, 6) is -0.567. The number of hydrazone groups is 1. The van der Waals surface area contributed by atoms with E-state index in [1.807, 2.05) is 25.1 Å². The van der Waals surface area contributed by atoms with Crippen LogP contribution in [-0.2, 0) is 4.79 Å². The van der Waals surface area contributed by atoms with Gasteiger partial charge in [0.05, 0.1) is 16.3 Å². The number of carbonyl (C=O) groups excluding carboxylic acids is 2. The molecule has 0 aliphatic carbocycles. The van der Waals surface area contributed by atoms with Crippen molar-refractivity contribution in [1.29, 1.82) is 0 Å². The normalized spacial score (nSPS) is 10.8. The predicted octanol–water partition coefficient (Wildman–Crippen LogP) is 5.74. The number of nitrogens with zero attached hydrogens (tertiary/aromatic N) is 1. The minimum absolute atomic E-state index is 0.176. The lowest BCUT2D eigenvalue weighted by Gasteiger charge is -2.11. The fourth-order valence-electron chi connectivity index (χ4n) is 2.68. The first kappa shape index (κ1) is 23.6. The molecule has 3 aromatic carbocycles. The van der Waals surface area contributed by atoms with Crippen molar-refractivity contribution >= 4 is 58.5 Å². The van der Waals surface area contributed by atoms with E-state index in [1.54, 1.807) is 42.5 Å². The summed E-state index contributed by atoms with van der Waals surface area (Å²) in [6, 6.07) is 16.9. The standard InChI is InChI=1S/C23H18Cl3N3O3/c1-14-3-2-4-18(9-14)28-21(30)13-32-22-19(25)10-15(11-20(22)26)12-27-29-23(31)16-5-7-17(24)8-6-16/h2-12H,13H2,1H3,(H,28,30)(H,29,31)/b27-12+. The number of nitrogens with one attached hydrogen (secondary N) is 2. The first-order valence-corrected chi connectivity index (χ1v) is 10.5. The van der Waals surface area contributed by atoms with Gasteiger partial charge in [0.1, 0.15) is 0 Å². The highest BCUT2D eigenvalue weighted by atomic mass is 35.5. The molecule has 0 heterocycles. The fraction of sp³-hybridized carbons (Fsp3) is 0.0870. The third-order valence-corrected chi connectivity index (χ3v) is 4.97. The van der Waals surface area contributed by atoms with Crippen LogP contribution in [0.2, 0.25) is 15.1 Å². The van der Waals surface area contributed by atoms with Crippen molar-refractivity contribution in [3.05, 3.63) is 92.4 Å². The molecule has 2 N–H and O–H groups in total. The van der Waals surface area contributed by atoms with Crippen LogP contribution in [0.1, 0.15) is 21.5 Å². The molecule has 0 spiro atoms. The topological polar surface area (TPSA) is 79.8 Å². The van der Waals surface area contributed by atoms with Gasteiger partial charge in [-0.25, -0.2) is 5.43 Å². The third kappa shape index (κ3) is 6.72. The van der Waals surface area contributed by atoms with Crippen LogP contribution in [0.3, 0.4) is 0 Å². The Morgan fingerprint density at radius 3 is 2.34 bits per heavy atom. The summed E-state index contributed by atoms with van der Waals surface area (Å²) >= 11 is 18.3. The number of rotatable bonds is 7. The monoisotopic (exact) mass is 489 g/mol. The van der Waals surface area contributed by atoms with Crippen LogP contribution in [0.15, 0.2) is 65.8 Å². The van der Waals surface area contributed by atoms with Crippen LogP contribution in [0.25, 0.3) is 0 Å². The van der Waals surface area contributed by atoms with E-state index in [1.165, 1.54) is 6.21 Å². The van der Waals surface area contributed by atoms with E-state index in [0.29, 0.717) is 21.8 Å². The Kier molecular flexibility index (Phi) is 8.11. The molecule has 3 rings (SSSR count). The van der Waals surface area contributed by atoms with Crippen molar-refractivity contribution in [3.8, 4) is 5.75 Å². The summed E-state index contributed by atoms with van der Waals surface area (Å²) in [6.07, 6.45) is 1.39. The Balaban J connectivity index is 1.58. The number of amides is 2. The van der Waals surface area contributed by atoms with Gasteiger partial charge < -0.3 is 10.1 Å². The zero-order chi connectivity index (χ0) is 23.1. The first-order chi connectivity index (χ1) is 15.3. The van der Waals surface area contributed by atoms with Gasteiger partial charge >= 0.3 is 0 Å². The van der Waals surface area contributed by atoms with E-state index in [-0.39, 0.29) is 28.3 Å². The molecule has 9 heteroatoms. The van der Waals surface area contributed by atoms with E-state index >= 15 is 0 Å². The number of anilines is 1. The lowest BCUT2D eigenvalue weighted by Crippen LogP contribution is -2.20. The molecule has 0 unspecified atom stereocenters. The number of halogens is 3. The Bertz CT molecular complexity index is 1140. The third-order valence-electron chi connectivity index (χ3n) is 4.16. The van der Waals surface area contributed by atoms with E-state index < -0.39 is 5.91 Å². The van der Waals surface area contributed by atoms with Crippen molar-refractivity contribution in [2.45, 2.75) is 6.92 Å². The molecule has 164 valence electrons. The largest absolute Gasteiger partial charge is 0.481 e. The summed E-state index contributed by atoms with van der Waals surface area (Å²) in [7, 11) is 0. The maximum absolute atomic E-state index is 12.1. The Hall–Kier alpha value is -3.06. The summed E-state index contributed by atoms with van der Waals surface area (Å²) in [4.78, 5) is 24.2. The molecule has 0 fully saturated rings. The summed E-state index contributed by atoms with van der Waals surface area (Å²) < 4.78 is 5.50. The molecule has 0 saturated carbocycles. The molecule has 2 amide bonds. The van der Waals surface area contributed by atoms with E-state index in [0.717, 1.165) is 5.56 Å². The second-order valence-corrected chi connectivity index (χ2v) is 7.98. The van der Waals surface area contributed by atoms with Crippen LogP contribution in [0, 0.1) is 6.92 Å². The van der Waals surface area contributed by atoms with Gasteiger partial charge in [0.25, 0.3) is 11.8 Å². The number of hydrogen-bond acceptors (Lipinski definition) is 4. The summed E-state index contributed by atoms with van der Waals surface area (Å²) in [5, 5.41) is 7.57. The maximum Gasteiger partial charge on any atom is 0.271 e. The molecule has 6 nitrogen and oxygen atoms in total. The van der Waals surface area contributed by atoms with Crippen LogP contribution in [-0.4, -0.2) is 24.6 Å². The molecule has 0 aliphatic heterocycles. The van der Waals surface area contributed by atoms with Crippen LogP contribution in [0.5, 0.6) is 5.75 Å². The van der Waals surface area contributed by atoms with Gasteiger partial charge in [-0.1, -0.05) is 46.9 Å². The Labute approximate surface area is 200 Å². The molecule has 32 heavy (non-hydrogen) atoms. The lowest BCUT2D eigenvalue weighted by atomic mass is 10.2. The Morgan fingerprint density at radius 1 is 1.00 bits per heavy atom. The lowest BCUT2D eigenvalue weighted by molar-refractivity contribution is -0.118. The fourth-order valence-corrected chi connectivity index (χ4v) is 3.42. The minimum atomic E-state index is -0.394. The number of aryl methyl sites for hydroxylation is 1. The van der Waals surface area contributed by atoms with Crippen molar-refractivity contribution in [2.75, 3.05) is 11.9 Å². The smallest absolute Gasteiger partial charge is 0.271 e. The number of hydrogen-bond donors (Lipinski definition) is 2. The zero-order valence-corrected chi connectivity index (χ0v) is 19.1. The highest BCUT2D eigenvalue weighted by Crippen LogP contribution is 2.33. The molecule has 0 radical (unpaired) electrons. The first-order valence-electron chi connectivity index (χ1n) is 9.39. The van der Waals surface area contributed by atoms with Crippen molar-refractivity contribution in [1.82, 2.24) is 5.43 Å². The molecule has 0 aliphatic rings. The van der Waals surface area contributed by atoms with Gasteiger partial charge in [0.2, 0.25) is 0 Å². The number of benzene rings is 3. The molecular weight excluding hydrogens is 473 g/mol. The molecule has 3 aromatic rings. The van der Waals surface area contributed by atoms with E-state index in [2.05, 4.69) is 15.8 Å². The van der Waals surface area contributed by atoms with Crippen LogP contribution < -0.4 is 15.5 Å². The molecule has 0 saturated heterocycles. The van der Waals surface area contributed by atoms with Gasteiger partial charge in [-0.2, -0.15) is 5.10 Å². The summed E-state index contributed by atoms with van der Waals surface area (Å²) in [6.45, 7) is 1.66. The molecule has 0 bridgehead atoms. The van der Waals surface area contributed by atoms with E-state index in [9.17, 15) is 9.59 Å². The highest BCUT2D eigenvalue weighted by Gasteiger charge is 2.12. The van der Waals surface area contributed by atoms with Crippen molar-refractivity contribution in [3.63, 3.8) is 0 Å². The van der Waals surface area contributed by atoms with Gasteiger partial charge in [0.15, 0.2) is 12.4 Å². The second kappa shape index (κ2) is 11.0. The van der Waals surface area contributed by atoms with Gasteiger partial charge in [-0.05, 0) is 66.6 Å². The quantitative estimate of drug-likeness (QED) is 0.327. The van der Waals surface area contributed by atoms with Gasteiger partial charge in [-0.15, -0.1) is 0 Å². The van der Waals surface area contributed by atoms with Gasteiger partial charge in [0, 0.05) is 16.3 Å². The summed E-state index contributed by atoms with van der Waals surface area (Å²) in [5.41, 5.74) is 5.05. The van der Waals surface area contributed by atoms with Crippen LogP contribution in [0.4, 0.5) is 5.69 Å². The average molecular weight is 491 g/mol. The SMILES string of the molecule is Cc1cccc(NC(=O)COc2c(Cl)cc(/C=N/NC(=O)c3ccc(Cl)cc3)cc2Cl)c1. The zero-order valence-electron chi connectivity index (χ0n) is 16.9. The van der Waals surface area contributed by atoms with Gasteiger partial charge in [-0.3, -0.25) is 9.59 Å². The number of carbonyl (C=O) groups is 2. The minimum Gasteiger partial charge on any atom is -0.481 e. The molecule has 0 aromatic heterocycles. The highest BCUT2D eigenvalue weighted by molar-refractivity contribution is 6.37. The molecule has 0 atom stereocenters. The number of ether oxygens (including phenoxy) is 1. The second-order valence-electron chi connectivity index (χ2n) is 6.73. The van der Waals surface area contributed by atoms with Crippen molar-refractivity contribution < 1.29 is 14.3 Å². The van der Waals surface area contributed by atoms with Crippen LogP contribution >= 0.6 is 34.8 Å². The maximum atomic E-state index is 12.1.